The average Bonchev–Trinajstić information content (AvgIpc) is 2.83. The first-order valence-electron chi connectivity index (χ1n) is 11.7. The molecule has 0 aliphatic carbocycles. The molecule has 0 unspecified atom stereocenters. The summed E-state index contributed by atoms with van der Waals surface area (Å²) in [6.45, 7) is 6.03. The zero-order chi connectivity index (χ0) is 24.4. The molecule has 0 saturated carbocycles. The summed E-state index contributed by atoms with van der Waals surface area (Å²) in [6, 6.07) is 17.4. The number of aromatic nitrogens is 2. The number of methoxy groups -OCH3 is 1. The Hall–Kier alpha value is -3.97. The number of hydrogen-bond donors (Lipinski definition) is 1. The maximum absolute atomic E-state index is 12.9. The highest BCUT2D eigenvalue weighted by Crippen LogP contribution is 2.34. The Kier molecular flexibility index (Phi) is 6.33. The number of anilines is 1. The van der Waals surface area contributed by atoms with Crippen molar-refractivity contribution in [2.75, 3.05) is 25.1 Å². The summed E-state index contributed by atoms with van der Waals surface area (Å²) in [5.74, 6) is 1.20. The van der Waals surface area contributed by atoms with Crippen molar-refractivity contribution in [1.29, 1.82) is 0 Å². The Morgan fingerprint density at radius 3 is 2.66 bits per heavy atom. The van der Waals surface area contributed by atoms with Crippen LogP contribution in [0.25, 0.3) is 10.9 Å². The Bertz CT molecular complexity index is 1380. The third kappa shape index (κ3) is 4.81. The van der Waals surface area contributed by atoms with Gasteiger partial charge in [-0.1, -0.05) is 6.07 Å². The number of rotatable bonds is 7. The van der Waals surface area contributed by atoms with E-state index in [2.05, 4.69) is 32.3 Å². The molecule has 2 aromatic carbocycles. The number of aryl methyl sites for hydroxylation is 1. The number of amides is 1. The van der Waals surface area contributed by atoms with Gasteiger partial charge in [-0.05, 0) is 67.9 Å². The van der Waals surface area contributed by atoms with E-state index in [0.29, 0.717) is 23.6 Å². The summed E-state index contributed by atoms with van der Waals surface area (Å²) >= 11 is 0. The summed E-state index contributed by atoms with van der Waals surface area (Å²) in [5, 5.41) is 3.91. The molecule has 1 aliphatic rings. The monoisotopic (exact) mass is 468 g/mol. The predicted octanol–water partition coefficient (Wildman–Crippen LogP) is 4.80. The van der Waals surface area contributed by atoms with Crippen molar-refractivity contribution < 1.29 is 14.3 Å². The minimum Gasteiger partial charge on any atom is -0.456 e. The topological polar surface area (TPSA) is 76.6 Å². The molecule has 4 aromatic rings. The second-order valence-electron chi connectivity index (χ2n) is 8.79. The summed E-state index contributed by atoms with van der Waals surface area (Å²) < 4.78 is 11.7. The molecule has 0 bridgehead atoms. The predicted molar refractivity (Wildman–Crippen MR) is 136 cm³/mol. The maximum atomic E-state index is 12.9. The van der Waals surface area contributed by atoms with Gasteiger partial charge in [-0.3, -0.25) is 14.8 Å². The van der Waals surface area contributed by atoms with Crippen LogP contribution in [0.4, 0.5) is 5.69 Å². The van der Waals surface area contributed by atoms with Crippen LogP contribution < -0.4 is 15.0 Å². The molecule has 0 radical (unpaired) electrons. The summed E-state index contributed by atoms with van der Waals surface area (Å²) in [5.41, 5.74) is 5.27. The first-order chi connectivity index (χ1) is 17.0. The molecule has 3 heterocycles. The molecular weight excluding hydrogens is 440 g/mol. The molecule has 5 rings (SSSR count). The maximum Gasteiger partial charge on any atom is 0.251 e. The second-order valence-corrected chi connectivity index (χ2v) is 8.79. The van der Waals surface area contributed by atoms with Gasteiger partial charge in [0, 0.05) is 67.0 Å². The smallest absolute Gasteiger partial charge is 0.251 e. The van der Waals surface area contributed by atoms with E-state index < -0.39 is 0 Å². The lowest BCUT2D eigenvalue weighted by Crippen LogP contribution is -2.51. The number of ether oxygens (including phenoxy) is 2. The zero-order valence-electron chi connectivity index (χ0n) is 20.1. The molecule has 1 saturated heterocycles. The Morgan fingerprint density at radius 2 is 1.86 bits per heavy atom. The normalized spacial score (nSPS) is 13.5. The van der Waals surface area contributed by atoms with Crippen LogP contribution in [0.2, 0.25) is 0 Å². The standard InChI is InChI=1S/C28H28N4O3/c1-18-13-20(9-11-29-18)15-31-28(33)23-5-4-6-26(19(23)2)35-27-10-12-30-25-14-21(7-8-24(25)27)32-16-22(17-32)34-3/h4-14,22H,15-17H2,1-3H3,(H,31,33). The van der Waals surface area contributed by atoms with Gasteiger partial charge in [0.15, 0.2) is 0 Å². The van der Waals surface area contributed by atoms with E-state index in [9.17, 15) is 4.79 Å². The van der Waals surface area contributed by atoms with Crippen LogP contribution in [0.5, 0.6) is 11.5 Å². The van der Waals surface area contributed by atoms with E-state index >= 15 is 0 Å². The van der Waals surface area contributed by atoms with Crippen LogP contribution >= 0.6 is 0 Å². The third-order valence-corrected chi connectivity index (χ3v) is 6.40. The van der Waals surface area contributed by atoms with Crippen molar-refractivity contribution in [3.8, 4) is 11.5 Å². The van der Waals surface area contributed by atoms with Gasteiger partial charge in [0.25, 0.3) is 5.91 Å². The molecule has 1 fully saturated rings. The van der Waals surface area contributed by atoms with Crippen molar-refractivity contribution in [2.24, 2.45) is 0 Å². The van der Waals surface area contributed by atoms with E-state index in [1.165, 1.54) is 0 Å². The second kappa shape index (κ2) is 9.72. The largest absolute Gasteiger partial charge is 0.456 e. The lowest BCUT2D eigenvalue weighted by atomic mass is 10.1. The van der Waals surface area contributed by atoms with E-state index in [1.807, 2.05) is 56.3 Å². The Morgan fingerprint density at radius 1 is 1.03 bits per heavy atom. The minimum absolute atomic E-state index is 0.143. The highest BCUT2D eigenvalue weighted by atomic mass is 16.5. The number of nitrogens with one attached hydrogen (secondary N) is 1. The fourth-order valence-electron chi connectivity index (χ4n) is 4.28. The molecule has 0 spiro atoms. The molecular formula is C28H28N4O3. The van der Waals surface area contributed by atoms with Crippen LogP contribution in [0.1, 0.15) is 27.2 Å². The summed E-state index contributed by atoms with van der Waals surface area (Å²) in [7, 11) is 1.75. The molecule has 178 valence electrons. The first-order valence-corrected chi connectivity index (χ1v) is 11.7. The van der Waals surface area contributed by atoms with E-state index in [0.717, 1.165) is 46.5 Å². The molecule has 1 aliphatic heterocycles. The van der Waals surface area contributed by atoms with Crippen LogP contribution in [0.3, 0.4) is 0 Å². The fourth-order valence-corrected chi connectivity index (χ4v) is 4.28. The van der Waals surface area contributed by atoms with E-state index in [-0.39, 0.29) is 12.0 Å². The zero-order valence-corrected chi connectivity index (χ0v) is 20.1. The van der Waals surface area contributed by atoms with Crippen molar-refractivity contribution in [1.82, 2.24) is 15.3 Å². The fraction of sp³-hybridized carbons (Fsp3) is 0.250. The van der Waals surface area contributed by atoms with Crippen LogP contribution in [-0.2, 0) is 11.3 Å². The molecule has 1 N–H and O–H groups in total. The molecule has 2 aromatic heterocycles. The number of pyridine rings is 2. The van der Waals surface area contributed by atoms with Gasteiger partial charge < -0.3 is 19.7 Å². The summed E-state index contributed by atoms with van der Waals surface area (Å²) in [4.78, 5) is 23.9. The van der Waals surface area contributed by atoms with E-state index in [4.69, 9.17) is 9.47 Å². The Labute approximate surface area is 204 Å². The highest BCUT2D eigenvalue weighted by Gasteiger charge is 2.26. The van der Waals surface area contributed by atoms with Gasteiger partial charge >= 0.3 is 0 Å². The Balaban J connectivity index is 1.34. The number of hydrogen-bond acceptors (Lipinski definition) is 6. The molecule has 7 nitrogen and oxygen atoms in total. The van der Waals surface area contributed by atoms with Crippen molar-refractivity contribution in [2.45, 2.75) is 26.5 Å². The van der Waals surface area contributed by atoms with Crippen molar-refractivity contribution >= 4 is 22.5 Å². The lowest BCUT2D eigenvalue weighted by molar-refractivity contribution is 0.0788. The van der Waals surface area contributed by atoms with Crippen LogP contribution in [0, 0.1) is 13.8 Å². The van der Waals surface area contributed by atoms with Crippen molar-refractivity contribution in [3.63, 3.8) is 0 Å². The van der Waals surface area contributed by atoms with Gasteiger partial charge in [0.1, 0.15) is 11.5 Å². The lowest BCUT2D eigenvalue weighted by Gasteiger charge is -2.40. The highest BCUT2D eigenvalue weighted by molar-refractivity contribution is 5.96. The van der Waals surface area contributed by atoms with Crippen LogP contribution in [0.15, 0.2) is 67.0 Å². The summed E-state index contributed by atoms with van der Waals surface area (Å²) in [6.07, 6.45) is 3.78. The third-order valence-electron chi connectivity index (χ3n) is 6.40. The average molecular weight is 469 g/mol. The number of benzene rings is 2. The quantitative estimate of drug-likeness (QED) is 0.420. The van der Waals surface area contributed by atoms with Crippen molar-refractivity contribution in [3.05, 3.63) is 89.4 Å². The first kappa shape index (κ1) is 22.8. The number of carbonyl (C=O) groups excluding carboxylic acids is 1. The molecule has 35 heavy (non-hydrogen) atoms. The van der Waals surface area contributed by atoms with Gasteiger partial charge in [-0.15, -0.1) is 0 Å². The number of carbonyl (C=O) groups is 1. The minimum atomic E-state index is -0.143. The molecule has 1 amide bonds. The van der Waals surface area contributed by atoms with Crippen LogP contribution in [-0.4, -0.2) is 42.2 Å². The van der Waals surface area contributed by atoms with Gasteiger partial charge in [0.05, 0.1) is 11.6 Å². The van der Waals surface area contributed by atoms with Gasteiger partial charge in [-0.2, -0.15) is 0 Å². The van der Waals surface area contributed by atoms with E-state index in [1.54, 1.807) is 19.5 Å². The van der Waals surface area contributed by atoms with Gasteiger partial charge in [-0.25, -0.2) is 0 Å². The molecule has 7 heteroatoms. The SMILES string of the molecule is COC1CN(c2ccc3c(Oc4cccc(C(=O)NCc5ccnc(C)c5)c4C)ccnc3c2)C1. The van der Waals surface area contributed by atoms with Gasteiger partial charge in [0.2, 0.25) is 0 Å². The molecule has 0 atom stereocenters. The number of nitrogens with zero attached hydrogens (tertiary/aromatic N) is 3. The number of fused-ring (bicyclic) bond motifs is 1.